The molecule has 3 aromatic heterocycles. The Morgan fingerprint density at radius 2 is 1.97 bits per heavy atom. The van der Waals surface area contributed by atoms with E-state index in [1.807, 2.05) is 26.0 Å². The molecule has 2 N–H and O–H groups in total. The molecule has 1 aliphatic carbocycles. The van der Waals surface area contributed by atoms with Crippen LogP contribution in [0.4, 0.5) is 17.5 Å². The first kappa shape index (κ1) is 22.1. The molecule has 0 bridgehead atoms. The van der Waals surface area contributed by atoms with Crippen LogP contribution in [-0.2, 0) is 4.74 Å². The third-order valence-corrected chi connectivity index (χ3v) is 5.96. The first-order chi connectivity index (χ1) is 16.6. The van der Waals surface area contributed by atoms with Crippen molar-refractivity contribution >= 4 is 23.4 Å². The fourth-order valence-electron chi connectivity index (χ4n) is 4.03. The monoisotopic (exact) mass is 460 g/mol. The van der Waals surface area contributed by atoms with E-state index in [-0.39, 0.29) is 5.91 Å². The van der Waals surface area contributed by atoms with Gasteiger partial charge in [-0.1, -0.05) is 0 Å². The van der Waals surface area contributed by atoms with Gasteiger partial charge in [0.15, 0.2) is 0 Å². The summed E-state index contributed by atoms with van der Waals surface area (Å²) in [6.07, 6.45) is 5.11. The summed E-state index contributed by atoms with van der Waals surface area (Å²) >= 11 is 0. The number of aryl methyl sites for hydroxylation is 1. The molecule has 0 radical (unpaired) electrons. The van der Waals surface area contributed by atoms with E-state index in [1.54, 1.807) is 6.07 Å². The lowest BCUT2D eigenvalue weighted by molar-refractivity contribution is 0.102. The van der Waals surface area contributed by atoms with Crippen molar-refractivity contribution in [2.75, 3.05) is 48.4 Å². The van der Waals surface area contributed by atoms with Gasteiger partial charge in [-0.15, -0.1) is 0 Å². The minimum Gasteiger partial charge on any atom is -0.378 e. The molecule has 34 heavy (non-hydrogen) atoms. The predicted octanol–water partition coefficient (Wildman–Crippen LogP) is 3.04. The molecule has 4 heterocycles. The van der Waals surface area contributed by atoms with Gasteiger partial charge in [-0.05, 0) is 38.8 Å². The summed E-state index contributed by atoms with van der Waals surface area (Å²) in [4.78, 5) is 29.5. The standard InChI is InChI=1S/C24H28N8O2/c1-3-25-24-30-19(13-21(31-24)32-8-10-34-11-9-32)18-12-20(22(16-4-5-16)28-15(18)2)29-23(33)17-6-7-26-27-14-17/h6-7,12-14,16H,3-5,8-11H2,1-2H3,(H,29,33)(H,25,30,31). The molecule has 10 nitrogen and oxygen atoms in total. The second kappa shape index (κ2) is 9.68. The summed E-state index contributed by atoms with van der Waals surface area (Å²) in [5.41, 5.74) is 4.58. The lowest BCUT2D eigenvalue weighted by atomic mass is 10.1. The maximum Gasteiger partial charge on any atom is 0.257 e. The topological polar surface area (TPSA) is 118 Å². The van der Waals surface area contributed by atoms with Crippen molar-refractivity contribution in [3.8, 4) is 11.3 Å². The molecule has 1 amide bonds. The molecular weight excluding hydrogens is 432 g/mol. The van der Waals surface area contributed by atoms with E-state index in [2.05, 4.69) is 25.7 Å². The molecule has 1 saturated heterocycles. The quantitative estimate of drug-likeness (QED) is 0.548. The number of rotatable bonds is 7. The van der Waals surface area contributed by atoms with E-state index in [1.165, 1.54) is 12.4 Å². The van der Waals surface area contributed by atoms with Crippen LogP contribution in [0.1, 0.15) is 47.4 Å². The van der Waals surface area contributed by atoms with Crippen molar-refractivity contribution in [3.63, 3.8) is 0 Å². The third kappa shape index (κ3) is 4.81. The van der Waals surface area contributed by atoms with Crippen LogP contribution in [0.15, 0.2) is 30.6 Å². The first-order valence-electron chi connectivity index (χ1n) is 11.7. The Kier molecular flexibility index (Phi) is 6.31. The maximum absolute atomic E-state index is 12.9. The van der Waals surface area contributed by atoms with Crippen molar-refractivity contribution in [1.29, 1.82) is 0 Å². The average molecular weight is 461 g/mol. The third-order valence-electron chi connectivity index (χ3n) is 5.96. The SMILES string of the molecule is CCNc1nc(-c2cc(NC(=O)c3ccnnc3)c(C3CC3)nc2C)cc(N2CCOCC2)n1. The highest BCUT2D eigenvalue weighted by atomic mass is 16.5. The zero-order valence-corrected chi connectivity index (χ0v) is 19.4. The lowest BCUT2D eigenvalue weighted by Gasteiger charge is -2.28. The predicted molar refractivity (Wildman–Crippen MR) is 129 cm³/mol. The fourth-order valence-corrected chi connectivity index (χ4v) is 4.03. The van der Waals surface area contributed by atoms with Gasteiger partial charge in [-0.3, -0.25) is 9.78 Å². The average Bonchev–Trinajstić information content (AvgIpc) is 3.71. The molecule has 2 fully saturated rings. The van der Waals surface area contributed by atoms with E-state index < -0.39 is 0 Å². The zero-order valence-electron chi connectivity index (χ0n) is 19.4. The summed E-state index contributed by atoms with van der Waals surface area (Å²) in [6, 6.07) is 5.62. The number of nitrogens with zero attached hydrogens (tertiary/aromatic N) is 6. The Morgan fingerprint density at radius 1 is 1.15 bits per heavy atom. The minimum absolute atomic E-state index is 0.238. The number of anilines is 3. The Balaban J connectivity index is 1.54. The minimum atomic E-state index is -0.238. The number of carbonyl (C=O) groups is 1. The molecule has 3 aromatic rings. The molecule has 1 saturated carbocycles. The Morgan fingerprint density at radius 3 is 2.68 bits per heavy atom. The lowest BCUT2D eigenvalue weighted by Crippen LogP contribution is -2.37. The van der Waals surface area contributed by atoms with E-state index in [0.717, 1.165) is 54.4 Å². The number of hydrogen-bond donors (Lipinski definition) is 2. The summed E-state index contributed by atoms with van der Waals surface area (Å²) in [6.45, 7) is 7.62. The Bertz CT molecular complexity index is 1180. The number of pyridine rings is 1. The van der Waals surface area contributed by atoms with E-state index in [4.69, 9.17) is 19.7 Å². The van der Waals surface area contributed by atoms with Crippen LogP contribution in [0, 0.1) is 6.92 Å². The number of morpholine rings is 1. The maximum atomic E-state index is 12.9. The summed E-state index contributed by atoms with van der Waals surface area (Å²) in [5, 5.41) is 13.9. The van der Waals surface area contributed by atoms with Crippen molar-refractivity contribution in [3.05, 3.63) is 47.5 Å². The molecule has 176 valence electrons. The number of aromatic nitrogens is 5. The van der Waals surface area contributed by atoms with Gasteiger partial charge >= 0.3 is 0 Å². The van der Waals surface area contributed by atoms with Crippen LogP contribution >= 0.6 is 0 Å². The Labute approximate surface area is 198 Å². The zero-order chi connectivity index (χ0) is 23.5. The number of hydrogen-bond acceptors (Lipinski definition) is 9. The van der Waals surface area contributed by atoms with Crippen LogP contribution < -0.4 is 15.5 Å². The van der Waals surface area contributed by atoms with Gasteiger partial charge in [-0.2, -0.15) is 15.2 Å². The fraction of sp³-hybridized carbons (Fsp3) is 0.417. The number of carbonyl (C=O) groups excluding carboxylic acids is 1. The normalized spacial score (nSPS) is 15.8. The molecule has 2 aliphatic rings. The van der Waals surface area contributed by atoms with E-state index >= 15 is 0 Å². The van der Waals surface area contributed by atoms with Gasteiger partial charge in [-0.25, -0.2) is 4.98 Å². The van der Waals surface area contributed by atoms with Crippen molar-refractivity contribution in [1.82, 2.24) is 25.1 Å². The molecule has 5 rings (SSSR count). The summed E-state index contributed by atoms with van der Waals surface area (Å²) in [5.74, 6) is 1.55. The van der Waals surface area contributed by atoms with Crippen molar-refractivity contribution in [2.45, 2.75) is 32.6 Å². The van der Waals surface area contributed by atoms with Gasteiger partial charge < -0.3 is 20.3 Å². The van der Waals surface area contributed by atoms with Crippen LogP contribution in [0.2, 0.25) is 0 Å². The molecule has 10 heteroatoms. The van der Waals surface area contributed by atoms with Gasteiger partial charge in [0, 0.05) is 42.9 Å². The smallest absolute Gasteiger partial charge is 0.257 e. The Hall–Kier alpha value is -3.66. The van der Waals surface area contributed by atoms with Crippen LogP contribution in [0.5, 0.6) is 0 Å². The van der Waals surface area contributed by atoms with Gasteiger partial charge in [0.25, 0.3) is 5.91 Å². The molecule has 0 spiro atoms. The molecule has 0 aromatic carbocycles. The van der Waals surface area contributed by atoms with Crippen molar-refractivity contribution in [2.24, 2.45) is 0 Å². The van der Waals surface area contributed by atoms with Crippen LogP contribution in [0.3, 0.4) is 0 Å². The molecular formula is C24H28N8O2. The molecule has 1 aliphatic heterocycles. The van der Waals surface area contributed by atoms with E-state index in [0.29, 0.717) is 42.9 Å². The highest BCUT2D eigenvalue weighted by Gasteiger charge is 2.30. The largest absolute Gasteiger partial charge is 0.378 e. The van der Waals surface area contributed by atoms with Crippen molar-refractivity contribution < 1.29 is 9.53 Å². The van der Waals surface area contributed by atoms with E-state index in [9.17, 15) is 4.79 Å². The molecule has 0 unspecified atom stereocenters. The first-order valence-corrected chi connectivity index (χ1v) is 11.7. The highest BCUT2D eigenvalue weighted by molar-refractivity contribution is 6.04. The van der Waals surface area contributed by atoms with Gasteiger partial charge in [0.2, 0.25) is 5.95 Å². The van der Waals surface area contributed by atoms with Gasteiger partial charge in [0.05, 0.1) is 48.2 Å². The summed E-state index contributed by atoms with van der Waals surface area (Å²) in [7, 11) is 0. The number of ether oxygens (including phenoxy) is 1. The van der Waals surface area contributed by atoms with Gasteiger partial charge in [0.1, 0.15) is 5.82 Å². The summed E-state index contributed by atoms with van der Waals surface area (Å²) < 4.78 is 5.50. The molecule has 0 atom stereocenters. The number of nitrogens with one attached hydrogen (secondary N) is 2. The second-order valence-corrected chi connectivity index (χ2v) is 8.48. The van der Waals surface area contributed by atoms with Crippen LogP contribution in [0.25, 0.3) is 11.3 Å². The number of amides is 1. The second-order valence-electron chi connectivity index (χ2n) is 8.48. The van der Waals surface area contributed by atoms with Crippen LogP contribution in [-0.4, -0.2) is 63.9 Å². The highest BCUT2D eigenvalue weighted by Crippen LogP contribution is 2.44.